The summed E-state index contributed by atoms with van der Waals surface area (Å²) in [6, 6.07) is 18.5. The van der Waals surface area contributed by atoms with Gasteiger partial charge in [0.15, 0.2) is 0 Å². The zero-order valence-electron chi connectivity index (χ0n) is 18.3. The predicted molar refractivity (Wildman–Crippen MR) is 135 cm³/mol. The second-order valence-corrected chi connectivity index (χ2v) is 8.96. The SMILES string of the molecule is O=C(Cn1c2ccc(F)cc2c2ncn(Cc3ccccc3Cl)c(=O)c21)NCc1ccc(Cl)cc1. The van der Waals surface area contributed by atoms with E-state index in [0.29, 0.717) is 33.0 Å². The molecule has 0 aliphatic rings. The van der Waals surface area contributed by atoms with E-state index in [9.17, 15) is 14.0 Å². The smallest absolute Gasteiger partial charge is 0.278 e. The first-order valence-corrected chi connectivity index (χ1v) is 11.6. The van der Waals surface area contributed by atoms with Gasteiger partial charge in [-0.3, -0.25) is 14.2 Å². The Bertz CT molecular complexity index is 1630. The number of carbonyl (C=O) groups excluding carboxylic acids is 1. The quantitative estimate of drug-likeness (QED) is 0.344. The molecule has 9 heteroatoms. The second-order valence-electron chi connectivity index (χ2n) is 8.12. The number of aromatic nitrogens is 3. The Labute approximate surface area is 209 Å². The molecule has 0 radical (unpaired) electrons. The maximum absolute atomic E-state index is 14.1. The summed E-state index contributed by atoms with van der Waals surface area (Å²) in [6.45, 7) is 0.378. The van der Waals surface area contributed by atoms with Crippen molar-refractivity contribution in [1.29, 1.82) is 0 Å². The molecule has 0 fully saturated rings. The normalized spacial score (nSPS) is 11.3. The minimum absolute atomic E-state index is 0.133. The average molecular weight is 509 g/mol. The number of nitrogens with one attached hydrogen (secondary N) is 1. The van der Waals surface area contributed by atoms with E-state index in [0.717, 1.165) is 11.1 Å². The summed E-state index contributed by atoms with van der Waals surface area (Å²) < 4.78 is 17.1. The lowest BCUT2D eigenvalue weighted by Gasteiger charge is -2.10. The van der Waals surface area contributed by atoms with Gasteiger partial charge in [0, 0.05) is 22.0 Å². The summed E-state index contributed by atoms with van der Waals surface area (Å²) in [4.78, 5) is 30.8. The second kappa shape index (κ2) is 9.52. The number of nitrogens with zero attached hydrogens (tertiary/aromatic N) is 3. The number of benzene rings is 3. The molecular weight excluding hydrogens is 490 g/mol. The highest BCUT2D eigenvalue weighted by molar-refractivity contribution is 6.31. The number of amides is 1. The van der Waals surface area contributed by atoms with Gasteiger partial charge in [0.1, 0.15) is 23.4 Å². The van der Waals surface area contributed by atoms with Crippen molar-refractivity contribution in [3.63, 3.8) is 0 Å². The third-order valence-corrected chi connectivity index (χ3v) is 6.41. The lowest BCUT2D eigenvalue weighted by atomic mass is 10.2. The molecule has 0 aliphatic carbocycles. The molecule has 5 rings (SSSR count). The van der Waals surface area contributed by atoms with Crippen molar-refractivity contribution in [1.82, 2.24) is 19.4 Å². The van der Waals surface area contributed by atoms with Crippen molar-refractivity contribution >= 4 is 51.0 Å². The van der Waals surface area contributed by atoms with Crippen molar-refractivity contribution in [2.24, 2.45) is 0 Å². The van der Waals surface area contributed by atoms with E-state index in [2.05, 4.69) is 10.3 Å². The first-order valence-electron chi connectivity index (χ1n) is 10.8. The number of hydrogen-bond acceptors (Lipinski definition) is 3. The van der Waals surface area contributed by atoms with Gasteiger partial charge < -0.3 is 9.88 Å². The first kappa shape index (κ1) is 23.1. The van der Waals surface area contributed by atoms with Crippen molar-refractivity contribution in [3.05, 3.63) is 110 Å². The van der Waals surface area contributed by atoms with E-state index in [1.807, 2.05) is 30.3 Å². The summed E-state index contributed by atoms with van der Waals surface area (Å²) in [6.07, 6.45) is 1.42. The van der Waals surface area contributed by atoms with Crippen LogP contribution in [-0.4, -0.2) is 20.0 Å². The Morgan fingerprint density at radius 3 is 2.57 bits per heavy atom. The topological polar surface area (TPSA) is 68.9 Å². The monoisotopic (exact) mass is 508 g/mol. The largest absolute Gasteiger partial charge is 0.350 e. The molecule has 35 heavy (non-hydrogen) atoms. The van der Waals surface area contributed by atoms with Crippen molar-refractivity contribution in [2.45, 2.75) is 19.6 Å². The average Bonchev–Trinajstić information content (AvgIpc) is 3.15. The molecule has 1 amide bonds. The van der Waals surface area contributed by atoms with Gasteiger partial charge in [-0.25, -0.2) is 9.37 Å². The zero-order valence-corrected chi connectivity index (χ0v) is 19.9. The maximum Gasteiger partial charge on any atom is 0.278 e. The predicted octanol–water partition coefficient (Wildman–Crippen LogP) is 5.16. The van der Waals surface area contributed by atoms with Crippen molar-refractivity contribution in [3.8, 4) is 0 Å². The summed E-state index contributed by atoms with van der Waals surface area (Å²) in [5.41, 5.74) is 2.40. The van der Waals surface area contributed by atoms with Crippen LogP contribution in [0.1, 0.15) is 11.1 Å². The van der Waals surface area contributed by atoms with Gasteiger partial charge in [-0.1, -0.05) is 53.5 Å². The molecular formula is C26H19Cl2FN4O2. The molecule has 2 aromatic heterocycles. The summed E-state index contributed by atoms with van der Waals surface area (Å²) in [5.74, 6) is -0.755. The number of hydrogen-bond donors (Lipinski definition) is 1. The minimum atomic E-state index is -0.453. The van der Waals surface area contributed by atoms with Crippen LogP contribution in [0.4, 0.5) is 4.39 Å². The zero-order chi connectivity index (χ0) is 24.5. The molecule has 0 saturated carbocycles. The van der Waals surface area contributed by atoms with Crippen LogP contribution < -0.4 is 10.9 Å². The van der Waals surface area contributed by atoms with Crippen LogP contribution in [0.25, 0.3) is 21.9 Å². The van der Waals surface area contributed by atoms with Gasteiger partial charge >= 0.3 is 0 Å². The molecule has 0 aliphatic heterocycles. The maximum atomic E-state index is 14.1. The van der Waals surface area contributed by atoms with Crippen LogP contribution in [0.15, 0.2) is 77.9 Å². The van der Waals surface area contributed by atoms with E-state index in [1.165, 1.54) is 23.0 Å². The Morgan fingerprint density at radius 2 is 1.80 bits per heavy atom. The highest BCUT2D eigenvalue weighted by Gasteiger charge is 2.19. The molecule has 0 unspecified atom stereocenters. The highest BCUT2D eigenvalue weighted by Crippen LogP contribution is 2.26. The number of rotatable bonds is 6. The number of fused-ring (bicyclic) bond motifs is 3. The molecule has 1 N–H and O–H groups in total. The molecule has 5 aromatic rings. The molecule has 2 heterocycles. The molecule has 0 atom stereocenters. The van der Waals surface area contributed by atoms with E-state index < -0.39 is 5.82 Å². The number of carbonyl (C=O) groups is 1. The third kappa shape index (κ3) is 4.65. The fourth-order valence-corrected chi connectivity index (χ4v) is 4.38. The molecule has 176 valence electrons. The summed E-state index contributed by atoms with van der Waals surface area (Å²) >= 11 is 12.2. The van der Waals surface area contributed by atoms with Gasteiger partial charge in [0.25, 0.3) is 5.56 Å². The van der Waals surface area contributed by atoms with Gasteiger partial charge in [-0.15, -0.1) is 0 Å². The van der Waals surface area contributed by atoms with Gasteiger partial charge in [-0.2, -0.15) is 0 Å². The van der Waals surface area contributed by atoms with Gasteiger partial charge in [0.05, 0.1) is 18.4 Å². The molecule has 6 nitrogen and oxygen atoms in total. The molecule has 0 saturated heterocycles. The summed E-state index contributed by atoms with van der Waals surface area (Å²) in [5, 5.41) is 4.46. The fraction of sp³-hybridized carbons (Fsp3) is 0.115. The molecule has 0 bridgehead atoms. The molecule has 3 aromatic carbocycles. The Hall–Kier alpha value is -3.68. The first-order chi connectivity index (χ1) is 16.9. The lowest BCUT2D eigenvalue weighted by Crippen LogP contribution is -2.29. The highest BCUT2D eigenvalue weighted by atomic mass is 35.5. The van der Waals surface area contributed by atoms with Crippen LogP contribution in [0.5, 0.6) is 0 Å². The molecule has 0 spiro atoms. The van der Waals surface area contributed by atoms with Crippen molar-refractivity contribution in [2.75, 3.05) is 0 Å². The van der Waals surface area contributed by atoms with Crippen LogP contribution in [0.2, 0.25) is 10.0 Å². The van der Waals surface area contributed by atoms with Crippen LogP contribution in [0, 0.1) is 5.82 Å². The summed E-state index contributed by atoms with van der Waals surface area (Å²) in [7, 11) is 0. The van der Waals surface area contributed by atoms with E-state index >= 15 is 0 Å². The fourth-order valence-electron chi connectivity index (χ4n) is 4.06. The minimum Gasteiger partial charge on any atom is -0.350 e. The van der Waals surface area contributed by atoms with Crippen molar-refractivity contribution < 1.29 is 9.18 Å². The standard InChI is InChI=1S/C26H19Cl2FN4O2/c27-18-7-5-16(6-8-18)12-30-23(34)14-33-22-10-9-19(29)11-20(22)24-25(33)26(35)32(15-31-24)13-17-3-1-2-4-21(17)28/h1-11,15H,12-14H2,(H,30,34). The van der Waals surface area contributed by atoms with Crippen LogP contribution >= 0.6 is 23.2 Å². The van der Waals surface area contributed by atoms with E-state index in [4.69, 9.17) is 23.2 Å². The Kier molecular flexibility index (Phi) is 6.28. The van der Waals surface area contributed by atoms with E-state index in [1.54, 1.807) is 28.8 Å². The van der Waals surface area contributed by atoms with Gasteiger partial charge in [0.2, 0.25) is 5.91 Å². The van der Waals surface area contributed by atoms with Gasteiger partial charge in [-0.05, 0) is 47.5 Å². The Balaban J connectivity index is 1.54. The van der Waals surface area contributed by atoms with E-state index in [-0.39, 0.29) is 30.1 Å². The van der Waals surface area contributed by atoms with Crippen LogP contribution in [0.3, 0.4) is 0 Å². The third-order valence-electron chi connectivity index (χ3n) is 5.79. The lowest BCUT2D eigenvalue weighted by molar-refractivity contribution is -0.121. The Morgan fingerprint density at radius 1 is 1.03 bits per heavy atom. The van der Waals surface area contributed by atoms with Crippen LogP contribution in [-0.2, 0) is 24.4 Å². The number of halogens is 3.